The zero-order valence-corrected chi connectivity index (χ0v) is 10.8. The fourth-order valence-electron chi connectivity index (χ4n) is 1.23. The van der Waals surface area contributed by atoms with Crippen molar-refractivity contribution in [1.82, 2.24) is 5.32 Å². The van der Waals surface area contributed by atoms with Gasteiger partial charge in [0.05, 0.1) is 11.8 Å². The van der Waals surface area contributed by atoms with Crippen LogP contribution in [0.3, 0.4) is 0 Å². The van der Waals surface area contributed by atoms with Crippen molar-refractivity contribution >= 4 is 33.4 Å². The molecule has 15 heavy (non-hydrogen) atoms. The molecule has 0 saturated carbocycles. The van der Waals surface area contributed by atoms with Crippen molar-refractivity contribution in [3.63, 3.8) is 0 Å². The number of alkyl halides is 1. The Labute approximate surface area is 102 Å². The average Bonchev–Trinajstić information content (AvgIpc) is 2.63. The van der Waals surface area contributed by atoms with E-state index in [9.17, 15) is 4.79 Å². The maximum absolute atomic E-state index is 11.7. The highest BCUT2D eigenvalue weighted by Crippen LogP contribution is 2.16. The number of furan rings is 1. The Balaban J connectivity index is 2.58. The fraction of sp³-hybridized carbons (Fsp3) is 0.500. The van der Waals surface area contributed by atoms with Crippen molar-refractivity contribution in [2.24, 2.45) is 0 Å². The van der Waals surface area contributed by atoms with Crippen LogP contribution in [0.4, 0.5) is 0 Å². The highest BCUT2D eigenvalue weighted by Gasteiger charge is 2.15. The van der Waals surface area contributed by atoms with Crippen molar-refractivity contribution in [2.75, 3.05) is 5.33 Å². The second-order valence-corrected chi connectivity index (χ2v) is 4.30. The molecular formula is C10H13BrClNO2. The van der Waals surface area contributed by atoms with Crippen molar-refractivity contribution < 1.29 is 9.21 Å². The van der Waals surface area contributed by atoms with E-state index in [4.69, 9.17) is 16.0 Å². The fourth-order valence-corrected chi connectivity index (χ4v) is 1.98. The molecule has 5 heteroatoms. The van der Waals surface area contributed by atoms with Gasteiger partial charge < -0.3 is 9.73 Å². The average molecular weight is 295 g/mol. The van der Waals surface area contributed by atoms with Gasteiger partial charge in [0.2, 0.25) is 5.22 Å². The third-order valence-electron chi connectivity index (χ3n) is 2.15. The molecule has 1 atom stereocenters. The molecule has 0 aliphatic rings. The highest BCUT2D eigenvalue weighted by atomic mass is 79.9. The van der Waals surface area contributed by atoms with E-state index in [1.807, 2.05) is 6.92 Å². The Morgan fingerprint density at radius 3 is 2.93 bits per heavy atom. The monoisotopic (exact) mass is 293 g/mol. The maximum Gasteiger partial charge on any atom is 0.256 e. The van der Waals surface area contributed by atoms with Crippen LogP contribution < -0.4 is 5.32 Å². The van der Waals surface area contributed by atoms with Crippen LogP contribution >= 0.6 is 27.5 Å². The van der Waals surface area contributed by atoms with Gasteiger partial charge >= 0.3 is 0 Å². The van der Waals surface area contributed by atoms with Gasteiger partial charge in [0.1, 0.15) is 0 Å². The van der Waals surface area contributed by atoms with Gasteiger partial charge in [0.25, 0.3) is 5.91 Å². The quantitative estimate of drug-likeness (QED) is 0.847. The van der Waals surface area contributed by atoms with E-state index in [0.29, 0.717) is 5.56 Å². The Kier molecular flexibility index (Phi) is 5.19. The third-order valence-corrected chi connectivity index (χ3v) is 2.90. The molecule has 1 unspecified atom stereocenters. The minimum Gasteiger partial charge on any atom is -0.452 e. The molecule has 0 aliphatic carbocycles. The molecule has 0 spiro atoms. The SMILES string of the molecule is CCC(CCBr)NC(=O)c1ccoc1Cl. The Bertz CT molecular complexity index is 327. The van der Waals surface area contributed by atoms with Crippen LogP contribution in [0.15, 0.2) is 16.7 Å². The Morgan fingerprint density at radius 2 is 2.47 bits per heavy atom. The summed E-state index contributed by atoms with van der Waals surface area (Å²) in [5.41, 5.74) is 0.393. The van der Waals surface area contributed by atoms with E-state index in [-0.39, 0.29) is 17.2 Å². The summed E-state index contributed by atoms with van der Waals surface area (Å²) in [7, 11) is 0. The minimum atomic E-state index is -0.179. The van der Waals surface area contributed by atoms with Crippen LogP contribution in [0.25, 0.3) is 0 Å². The van der Waals surface area contributed by atoms with Gasteiger partial charge in [-0.25, -0.2) is 0 Å². The van der Waals surface area contributed by atoms with Crippen LogP contribution in [0.1, 0.15) is 30.1 Å². The number of hydrogen-bond acceptors (Lipinski definition) is 2. The van der Waals surface area contributed by atoms with Gasteiger partial charge in [-0.15, -0.1) is 0 Å². The Hall–Kier alpha value is -0.480. The number of halogens is 2. The van der Waals surface area contributed by atoms with E-state index in [1.165, 1.54) is 6.26 Å². The molecule has 1 rings (SSSR count). The summed E-state index contributed by atoms with van der Waals surface area (Å²) in [4.78, 5) is 11.7. The standard InChI is InChI=1S/C10H13BrClNO2/c1-2-7(3-5-11)13-10(14)8-4-6-15-9(8)12/h4,6-7H,2-3,5H2,1H3,(H,13,14). The van der Waals surface area contributed by atoms with Crippen LogP contribution in [0.2, 0.25) is 5.22 Å². The molecule has 0 bridgehead atoms. The van der Waals surface area contributed by atoms with Crippen molar-refractivity contribution in [3.8, 4) is 0 Å². The molecule has 0 radical (unpaired) electrons. The van der Waals surface area contributed by atoms with Crippen molar-refractivity contribution in [1.29, 1.82) is 0 Å². The summed E-state index contributed by atoms with van der Waals surface area (Å²) in [5, 5.41) is 3.90. The number of amides is 1. The van der Waals surface area contributed by atoms with Gasteiger partial charge in [-0.3, -0.25) is 4.79 Å². The summed E-state index contributed by atoms with van der Waals surface area (Å²) < 4.78 is 4.86. The summed E-state index contributed by atoms with van der Waals surface area (Å²) in [6.45, 7) is 2.03. The lowest BCUT2D eigenvalue weighted by Gasteiger charge is -2.14. The molecule has 1 N–H and O–H groups in total. The van der Waals surface area contributed by atoms with Gasteiger partial charge in [-0.1, -0.05) is 22.9 Å². The first kappa shape index (κ1) is 12.6. The van der Waals surface area contributed by atoms with E-state index < -0.39 is 0 Å². The molecule has 1 aromatic heterocycles. The number of nitrogens with one attached hydrogen (secondary N) is 1. The van der Waals surface area contributed by atoms with Crippen LogP contribution in [0.5, 0.6) is 0 Å². The normalized spacial score (nSPS) is 12.5. The van der Waals surface area contributed by atoms with Gasteiger partial charge in [0, 0.05) is 11.4 Å². The molecule has 1 amide bonds. The van der Waals surface area contributed by atoms with E-state index >= 15 is 0 Å². The van der Waals surface area contributed by atoms with E-state index in [0.717, 1.165) is 18.2 Å². The van der Waals surface area contributed by atoms with Crippen molar-refractivity contribution in [2.45, 2.75) is 25.8 Å². The molecule has 3 nitrogen and oxygen atoms in total. The summed E-state index contributed by atoms with van der Waals surface area (Å²) in [6, 6.07) is 1.74. The second kappa shape index (κ2) is 6.18. The van der Waals surface area contributed by atoms with Crippen LogP contribution in [0, 0.1) is 0 Å². The first-order valence-electron chi connectivity index (χ1n) is 4.78. The number of hydrogen-bond donors (Lipinski definition) is 1. The van der Waals surface area contributed by atoms with E-state index in [2.05, 4.69) is 21.2 Å². The molecule has 1 heterocycles. The predicted octanol–water partition coefficient (Wildman–Crippen LogP) is 3.23. The molecule has 0 saturated heterocycles. The molecule has 0 aliphatic heterocycles. The summed E-state index contributed by atoms with van der Waals surface area (Å²) in [5.74, 6) is -0.179. The summed E-state index contributed by atoms with van der Waals surface area (Å²) in [6.07, 6.45) is 3.20. The lowest BCUT2D eigenvalue weighted by atomic mass is 10.1. The molecule has 0 aromatic carbocycles. The number of carbonyl (C=O) groups is 1. The number of rotatable bonds is 5. The van der Waals surface area contributed by atoms with E-state index in [1.54, 1.807) is 6.07 Å². The van der Waals surface area contributed by atoms with Gasteiger partial charge in [-0.2, -0.15) is 0 Å². The lowest BCUT2D eigenvalue weighted by Crippen LogP contribution is -2.34. The smallest absolute Gasteiger partial charge is 0.256 e. The third kappa shape index (κ3) is 3.54. The predicted molar refractivity (Wildman–Crippen MR) is 63.7 cm³/mol. The lowest BCUT2D eigenvalue weighted by molar-refractivity contribution is 0.0935. The van der Waals surface area contributed by atoms with Gasteiger partial charge in [0.15, 0.2) is 0 Å². The molecular weight excluding hydrogens is 281 g/mol. The molecule has 0 fully saturated rings. The zero-order chi connectivity index (χ0) is 11.3. The van der Waals surface area contributed by atoms with Crippen molar-refractivity contribution in [3.05, 3.63) is 23.1 Å². The zero-order valence-electron chi connectivity index (χ0n) is 8.43. The number of carbonyl (C=O) groups excluding carboxylic acids is 1. The second-order valence-electron chi connectivity index (χ2n) is 3.16. The first-order chi connectivity index (χ1) is 7.19. The van der Waals surface area contributed by atoms with Gasteiger partial charge in [-0.05, 0) is 30.5 Å². The first-order valence-corrected chi connectivity index (χ1v) is 6.28. The molecule has 84 valence electrons. The minimum absolute atomic E-state index is 0.140. The molecule has 1 aromatic rings. The largest absolute Gasteiger partial charge is 0.452 e. The topological polar surface area (TPSA) is 42.2 Å². The maximum atomic E-state index is 11.7. The Morgan fingerprint density at radius 1 is 1.73 bits per heavy atom. The van der Waals surface area contributed by atoms with Crippen LogP contribution in [-0.4, -0.2) is 17.3 Å². The van der Waals surface area contributed by atoms with Crippen LogP contribution in [-0.2, 0) is 0 Å². The summed E-state index contributed by atoms with van der Waals surface area (Å²) >= 11 is 9.05. The highest BCUT2D eigenvalue weighted by molar-refractivity contribution is 9.09.